The lowest BCUT2D eigenvalue weighted by atomic mass is 10.2. The predicted molar refractivity (Wildman–Crippen MR) is 81.9 cm³/mol. The van der Waals surface area contributed by atoms with Gasteiger partial charge >= 0.3 is 0 Å². The van der Waals surface area contributed by atoms with Gasteiger partial charge in [-0.1, -0.05) is 12.1 Å². The first kappa shape index (κ1) is 15.8. The van der Waals surface area contributed by atoms with Crippen molar-refractivity contribution in [3.8, 4) is 5.75 Å². The van der Waals surface area contributed by atoms with E-state index in [9.17, 15) is 0 Å². The third-order valence-corrected chi connectivity index (χ3v) is 3.42. The summed E-state index contributed by atoms with van der Waals surface area (Å²) in [5.74, 6) is 0.886. The van der Waals surface area contributed by atoms with E-state index in [0.29, 0.717) is 5.13 Å². The van der Waals surface area contributed by atoms with E-state index >= 15 is 0 Å². The minimum Gasteiger partial charge on any atom is -0.497 e. The number of methoxy groups -OCH3 is 1. The number of thiazole rings is 1. The van der Waals surface area contributed by atoms with Gasteiger partial charge in [0.15, 0.2) is 5.13 Å². The summed E-state index contributed by atoms with van der Waals surface area (Å²) >= 11 is 1.54. The van der Waals surface area contributed by atoms with Crippen LogP contribution in [-0.2, 0) is 13.1 Å². The van der Waals surface area contributed by atoms with E-state index in [1.807, 2.05) is 18.3 Å². The molecule has 0 spiro atoms. The molecule has 0 atom stereocenters. The van der Waals surface area contributed by atoms with Crippen molar-refractivity contribution in [1.82, 2.24) is 9.88 Å². The summed E-state index contributed by atoms with van der Waals surface area (Å²) in [6, 6.07) is 8.12. The zero-order valence-electron chi connectivity index (χ0n) is 11.0. The van der Waals surface area contributed by atoms with Crippen LogP contribution in [0, 0.1) is 0 Å². The van der Waals surface area contributed by atoms with Crippen LogP contribution in [0.25, 0.3) is 0 Å². The summed E-state index contributed by atoms with van der Waals surface area (Å²) in [6.45, 7) is 1.75. The zero-order chi connectivity index (χ0) is 13.0. The third-order valence-electron chi connectivity index (χ3n) is 2.61. The molecular formula is C13H18ClN3OS. The molecular weight excluding hydrogens is 282 g/mol. The summed E-state index contributed by atoms with van der Waals surface area (Å²) in [7, 11) is 3.76. The van der Waals surface area contributed by atoms with Crippen LogP contribution in [-0.4, -0.2) is 24.0 Å². The number of halogens is 1. The van der Waals surface area contributed by atoms with Crippen molar-refractivity contribution < 1.29 is 4.74 Å². The maximum atomic E-state index is 5.61. The Balaban J connectivity index is 0.00000180. The zero-order valence-corrected chi connectivity index (χ0v) is 12.6. The number of ether oxygens (including phenoxy) is 1. The van der Waals surface area contributed by atoms with Gasteiger partial charge in [0.25, 0.3) is 0 Å². The Morgan fingerprint density at radius 2 is 1.95 bits per heavy atom. The van der Waals surface area contributed by atoms with E-state index in [1.54, 1.807) is 7.11 Å². The Morgan fingerprint density at radius 1 is 1.26 bits per heavy atom. The van der Waals surface area contributed by atoms with E-state index in [1.165, 1.54) is 21.8 Å². The van der Waals surface area contributed by atoms with Crippen LogP contribution < -0.4 is 10.5 Å². The van der Waals surface area contributed by atoms with E-state index in [4.69, 9.17) is 10.5 Å². The van der Waals surface area contributed by atoms with Crippen LogP contribution in [0.3, 0.4) is 0 Å². The van der Waals surface area contributed by atoms with Gasteiger partial charge in [0.05, 0.1) is 7.11 Å². The van der Waals surface area contributed by atoms with Crippen LogP contribution in [0.1, 0.15) is 10.4 Å². The molecule has 6 heteroatoms. The number of nitrogen functional groups attached to an aromatic ring is 1. The molecule has 0 bridgehead atoms. The number of nitrogens with two attached hydrogens (primary N) is 1. The molecule has 0 fully saturated rings. The van der Waals surface area contributed by atoms with Crippen LogP contribution in [0.15, 0.2) is 30.5 Å². The molecule has 104 valence electrons. The lowest BCUT2D eigenvalue weighted by Gasteiger charge is -2.15. The molecule has 4 nitrogen and oxygen atoms in total. The first-order valence-electron chi connectivity index (χ1n) is 5.69. The fourth-order valence-electron chi connectivity index (χ4n) is 1.76. The number of nitrogens with zero attached hydrogens (tertiary/aromatic N) is 2. The fraction of sp³-hybridized carbons (Fsp3) is 0.308. The van der Waals surface area contributed by atoms with Crippen LogP contribution in [0.5, 0.6) is 5.75 Å². The second-order valence-corrected chi connectivity index (χ2v) is 5.33. The molecule has 19 heavy (non-hydrogen) atoms. The highest BCUT2D eigenvalue weighted by atomic mass is 35.5. The first-order valence-corrected chi connectivity index (χ1v) is 6.50. The number of hydrogen-bond acceptors (Lipinski definition) is 5. The Morgan fingerprint density at radius 3 is 2.47 bits per heavy atom. The summed E-state index contributed by atoms with van der Waals surface area (Å²) < 4.78 is 5.14. The average Bonchev–Trinajstić information content (AvgIpc) is 2.75. The molecule has 0 saturated heterocycles. The van der Waals surface area contributed by atoms with E-state index < -0.39 is 0 Å². The van der Waals surface area contributed by atoms with Crippen molar-refractivity contribution in [3.05, 3.63) is 40.9 Å². The standard InChI is InChI=1S/C13H17N3OS.ClH/c1-16(9-12-7-15-13(14)18-12)8-10-3-5-11(17-2)6-4-10;/h3-7H,8-9H2,1-2H3,(H2,14,15);1H. The Labute approximate surface area is 123 Å². The Hall–Kier alpha value is -1.30. The van der Waals surface area contributed by atoms with Gasteiger partial charge in [0.2, 0.25) is 0 Å². The molecule has 1 aromatic heterocycles. The normalized spacial score (nSPS) is 10.3. The quantitative estimate of drug-likeness (QED) is 0.922. The molecule has 0 saturated carbocycles. The summed E-state index contributed by atoms with van der Waals surface area (Å²) in [5.41, 5.74) is 6.87. The summed E-state index contributed by atoms with van der Waals surface area (Å²) in [5, 5.41) is 0.628. The van der Waals surface area contributed by atoms with Crippen molar-refractivity contribution in [1.29, 1.82) is 0 Å². The first-order chi connectivity index (χ1) is 8.67. The molecule has 2 rings (SSSR count). The van der Waals surface area contributed by atoms with Gasteiger partial charge in [0.1, 0.15) is 5.75 Å². The minimum atomic E-state index is 0. The van der Waals surface area contributed by atoms with E-state index in [-0.39, 0.29) is 12.4 Å². The third kappa shape index (κ3) is 4.70. The van der Waals surface area contributed by atoms with Gasteiger partial charge in [-0.3, -0.25) is 4.90 Å². The summed E-state index contributed by atoms with van der Waals surface area (Å²) in [6.07, 6.45) is 1.84. The summed E-state index contributed by atoms with van der Waals surface area (Å²) in [4.78, 5) is 7.47. The highest BCUT2D eigenvalue weighted by molar-refractivity contribution is 7.15. The maximum absolute atomic E-state index is 5.61. The lowest BCUT2D eigenvalue weighted by Crippen LogP contribution is -2.16. The Bertz CT molecular complexity index is 501. The van der Waals surface area contributed by atoms with Crippen molar-refractivity contribution >= 4 is 28.9 Å². The highest BCUT2D eigenvalue weighted by Crippen LogP contribution is 2.18. The van der Waals surface area contributed by atoms with Gasteiger partial charge in [0, 0.05) is 24.2 Å². The molecule has 1 aromatic carbocycles. The molecule has 0 aliphatic rings. The Kier molecular flexibility index (Phi) is 6.08. The van der Waals surface area contributed by atoms with Crippen LogP contribution >= 0.6 is 23.7 Å². The monoisotopic (exact) mass is 299 g/mol. The number of rotatable bonds is 5. The minimum absolute atomic E-state index is 0. The lowest BCUT2D eigenvalue weighted by molar-refractivity contribution is 0.321. The molecule has 1 heterocycles. The van der Waals surface area contributed by atoms with Crippen LogP contribution in [0.4, 0.5) is 5.13 Å². The average molecular weight is 300 g/mol. The molecule has 0 unspecified atom stereocenters. The molecule has 0 radical (unpaired) electrons. The maximum Gasteiger partial charge on any atom is 0.180 e. The number of anilines is 1. The van der Waals surface area contributed by atoms with Crippen LogP contribution in [0.2, 0.25) is 0 Å². The van der Waals surface area contributed by atoms with Crippen molar-refractivity contribution in [2.45, 2.75) is 13.1 Å². The molecule has 0 aliphatic heterocycles. The van der Waals surface area contributed by atoms with Gasteiger partial charge in [-0.15, -0.1) is 23.7 Å². The van der Waals surface area contributed by atoms with Gasteiger partial charge in [-0.05, 0) is 24.7 Å². The number of benzene rings is 1. The SMILES string of the molecule is COc1ccc(CN(C)Cc2cnc(N)s2)cc1.Cl. The van der Waals surface area contributed by atoms with Gasteiger partial charge in [-0.25, -0.2) is 4.98 Å². The topological polar surface area (TPSA) is 51.4 Å². The highest BCUT2D eigenvalue weighted by Gasteiger charge is 2.04. The predicted octanol–water partition coefficient (Wildman–Crippen LogP) is 2.79. The molecule has 2 N–H and O–H groups in total. The molecule has 0 amide bonds. The van der Waals surface area contributed by atoms with Gasteiger partial charge in [-0.2, -0.15) is 0 Å². The van der Waals surface area contributed by atoms with E-state index in [2.05, 4.69) is 29.1 Å². The second-order valence-electron chi connectivity index (χ2n) is 4.19. The van der Waals surface area contributed by atoms with Crippen molar-refractivity contribution in [2.24, 2.45) is 0 Å². The number of hydrogen-bond donors (Lipinski definition) is 1. The second kappa shape index (κ2) is 7.33. The molecule has 0 aliphatic carbocycles. The molecule has 2 aromatic rings. The largest absolute Gasteiger partial charge is 0.497 e. The van der Waals surface area contributed by atoms with Gasteiger partial charge < -0.3 is 10.5 Å². The van der Waals surface area contributed by atoms with Crippen molar-refractivity contribution in [3.63, 3.8) is 0 Å². The van der Waals surface area contributed by atoms with Crippen molar-refractivity contribution in [2.75, 3.05) is 19.9 Å². The smallest absolute Gasteiger partial charge is 0.180 e. The number of aromatic nitrogens is 1. The fourth-order valence-corrected chi connectivity index (χ4v) is 2.52. The van der Waals surface area contributed by atoms with E-state index in [0.717, 1.165) is 18.8 Å².